The molecule has 2 amide bonds. The minimum absolute atomic E-state index is 0.220. The van der Waals surface area contributed by atoms with Crippen LogP contribution in [-0.4, -0.2) is 42.3 Å². The van der Waals surface area contributed by atoms with Crippen LogP contribution in [0.4, 0.5) is 10.5 Å². The number of rotatable bonds is 4. The van der Waals surface area contributed by atoms with Gasteiger partial charge >= 0.3 is 0 Å². The fourth-order valence-electron chi connectivity index (χ4n) is 3.38. The number of carbonyl (C=O) groups is 2. The second-order valence-corrected chi connectivity index (χ2v) is 7.89. The van der Waals surface area contributed by atoms with E-state index in [4.69, 9.17) is 4.74 Å². The summed E-state index contributed by atoms with van der Waals surface area (Å²) in [5.74, 6) is -0.226. The van der Waals surface area contributed by atoms with Gasteiger partial charge in [-0.3, -0.25) is 14.5 Å². The van der Waals surface area contributed by atoms with Crippen LogP contribution < -0.4 is 4.90 Å². The number of hydrogen-bond acceptors (Lipinski definition) is 5. The van der Waals surface area contributed by atoms with Gasteiger partial charge in [-0.2, -0.15) is 0 Å². The van der Waals surface area contributed by atoms with Crippen molar-refractivity contribution in [3.63, 3.8) is 0 Å². The summed E-state index contributed by atoms with van der Waals surface area (Å²) in [6, 6.07) is 15.8. The van der Waals surface area contributed by atoms with Gasteiger partial charge < -0.3 is 9.64 Å². The zero-order valence-corrected chi connectivity index (χ0v) is 16.6. The van der Waals surface area contributed by atoms with E-state index in [2.05, 4.69) is 17.0 Å². The van der Waals surface area contributed by atoms with Gasteiger partial charge in [-0.1, -0.05) is 36.4 Å². The van der Waals surface area contributed by atoms with E-state index in [1.807, 2.05) is 49.4 Å². The molecule has 144 valence electrons. The molecule has 0 saturated carbocycles. The molecule has 2 aromatic carbocycles. The van der Waals surface area contributed by atoms with Gasteiger partial charge in [0.1, 0.15) is 0 Å². The number of aryl methyl sites for hydroxylation is 1. The van der Waals surface area contributed by atoms with Gasteiger partial charge in [0, 0.05) is 18.8 Å². The van der Waals surface area contributed by atoms with Crippen molar-refractivity contribution in [1.82, 2.24) is 4.90 Å². The zero-order chi connectivity index (χ0) is 19.5. The summed E-state index contributed by atoms with van der Waals surface area (Å²) in [6.07, 6.45) is 1.83. The molecule has 0 spiro atoms. The lowest BCUT2D eigenvalue weighted by molar-refractivity contribution is -0.123. The molecule has 2 aliphatic rings. The summed E-state index contributed by atoms with van der Waals surface area (Å²) in [7, 11) is 0. The first-order valence-corrected chi connectivity index (χ1v) is 10.2. The first kappa shape index (κ1) is 18.8. The summed E-state index contributed by atoms with van der Waals surface area (Å²) in [5.41, 5.74) is 4.15. The SMILES string of the molecule is Cc1cc(N2CCOCC2)ccc1C=C1SC(=O)N(Cc2ccccc2)C1=O. The Kier molecular flexibility index (Phi) is 5.50. The maximum absolute atomic E-state index is 12.7. The van der Waals surface area contributed by atoms with E-state index < -0.39 is 0 Å². The molecule has 5 nitrogen and oxygen atoms in total. The first-order valence-electron chi connectivity index (χ1n) is 9.34. The largest absolute Gasteiger partial charge is 0.378 e. The fraction of sp³-hybridized carbons (Fsp3) is 0.273. The molecular weight excluding hydrogens is 372 g/mol. The first-order chi connectivity index (χ1) is 13.6. The Labute approximate surface area is 169 Å². The highest BCUT2D eigenvalue weighted by Gasteiger charge is 2.35. The van der Waals surface area contributed by atoms with E-state index in [0.29, 0.717) is 11.4 Å². The topological polar surface area (TPSA) is 49.9 Å². The van der Waals surface area contributed by atoms with Crippen molar-refractivity contribution in [3.05, 3.63) is 70.1 Å². The van der Waals surface area contributed by atoms with Crippen LogP contribution >= 0.6 is 11.8 Å². The second-order valence-electron chi connectivity index (χ2n) is 6.89. The quantitative estimate of drug-likeness (QED) is 0.732. The zero-order valence-electron chi connectivity index (χ0n) is 15.8. The number of ether oxygens (including phenoxy) is 1. The molecule has 0 bridgehead atoms. The van der Waals surface area contributed by atoms with Crippen molar-refractivity contribution in [3.8, 4) is 0 Å². The maximum atomic E-state index is 12.7. The van der Waals surface area contributed by atoms with Crippen LogP contribution in [0.25, 0.3) is 6.08 Å². The van der Waals surface area contributed by atoms with Crippen LogP contribution in [0.1, 0.15) is 16.7 Å². The lowest BCUT2D eigenvalue weighted by atomic mass is 10.1. The summed E-state index contributed by atoms with van der Waals surface area (Å²) in [5, 5.41) is -0.220. The Morgan fingerprint density at radius 2 is 1.82 bits per heavy atom. The second kappa shape index (κ2) is 8.20. The van der Waals surface area contributed by atoms with Crippen LogP contribution in [-0.2, 0) is 16.1 Å². The average molecular weight is 394 g/mol. The minimum atomic E-state index is -0.226. The number of morpholine rings is 1. The molecule has 0 radical (unpaired) electrons. The van der Waals surface area contributed by atoms with Crippen molar-refractivity contribution in [1.29, 1.82) is 0 Å². The van der Waals surface area contributed by atoms with Crippen LogP contribution in [0.15, 0.2) is 53.4 Å². The number of thioether (sulfide) groups is 1. The van der Waals surface area contributed by atoms with Gasteiger partial charge in [0.2, 0.25) is 0 Å². The van der Waals surface area contributed by atoms with E-state index in [-0.39, 0.29) is 11.1 Å². The molecule has 2 heterocycles. The standard InChI is InChI=1S/C22H22N2O3S/c1-16-13-19(23-9-11-27-12-10-23)8-7-18(16)14-20-21(25)24(22(26)28-20)15-17-5-3-2-4-6-17/h2-8,13-14H,9-12,15H2,1H3. The van der Waals surface area contributed by atoms with Crippen LogP contribution in [0.3, 0.4) is 0 Å². The molecule has 2 aliphatic heterocycles. The summed E-state index contributed by atoms with van der Waals surface area (Å²) >= 11 is 1.01. The number of benzene rings is 2. The highest BCUT2D eigenvalue weighted by Crippen LogP contribution is 2.34. The van der Waals surface area contributed by atoms with E-state index >= 15 is 0 Å². The number of anilines is 1. The Bertz CT molecular complexity index is 921. The Morgan fingerprint density at radius 1 is 1.07 bits per heavy atom. The third kappa shape index (κ3) is 3.98. The van der Waals surface area contributed by atoms with E-state index in [9.17, 15) is 9.59 Å². The summed E-state index contributed by atoms with van der Waals surface area (Å²) in [4.78, 5) is 29.2. The molecule has 0 aromatic heterocycles. The average Bonchev–Trinajstić information content (AvgIpc) is 2.98. The molecule has 2 fully saturated rings. The van der Waals surface area contributed by atoms with Crippen LogP contribution in [0.5, 0.6) is 0 Å². The smallest absolute Gasteiger partial charge is 0.293 e. The van der Waals surface area contributed by atoms with Crippen LogP contribution in [0, 0.1) is 6.92 Å². The molecule has 6 heteroatoms. The minimum Gasteiger partial charge on any atom is -0.378 e. The van der Waals surface area contributed by atoms with Gasteiger partial charge in [0.25, 0.3) is 11.1 Å². The molecule has 4 rings (SSSR count). The Morgan fingerprint density at radius 3 is 2.54 bits per heavy atom. The fourth-order valence-corrected chi connectivity index (χ4v) is 4.21. The Balaban J connectivity index is 1.52. The summed E-state index contributed by atoms with van der Waals surface area (Å²) in [6.45, 7) is 5.60. The lowest BCUT2D eigenvalue weighted by Crippen LogP contribution is -2.36. The third-order valence-corrected chi connectivity index (χ3v) is 5.88. The molecule has 0 N–H and O–H groups in total. The van der Waals surface area contributed by atoms with Crippen molar-refractivity contribution in [2.24, 2.45) is 0 Å². The van der Waals surface area contributed by atoms with E-state index in [1.54, 1.807) is 0 Å². The van der Waals surface area contributed by atoms with E-state index in [1.165, 1.54) is 4.90 Å². The number of nitrogens with zero attached hydrogens (tertiary/aromatic N) is 2. The van der Waals surface area contributed by atoms with Gasteiger partial charge in [0.15, 0.2) is 0 Å². The molecule has 0 aliphatic carbocycles. The normalized spacial score (nSPS) is 19.0. The predicted octanol–water partition coefficient (Wildman–Crippen LogP) is 4.07. The molecular formula is C22H22N2O3S. The maximum Gasteiger partial charge on any atom is 0.293 e. The van der Waals surface area contributed by atoms with E-state index in [0.717, 1.165) is 60.4 Å². The highest BCUT2D eigenvalue weighted by molar-refractivity contribution is 8.18. The number of imide groups is 1. The van der Waals surface area contributed by atoms with Gasteiger partial charge in [-0.05, 0) is 53.6 Å². The third-order valence-electron chi connectivity index (χ3n) is 4.97. The van der Waals surface area contributed by atoms with Gasteiger partial charge in [0.05, 0.1) is 24.7 Å². The molecule has 0 unspecified atom stereocenters. The molecule has 28 heavy (non-hydrogen) atoms. The van der Waals surface area contributed by atoms with Crippen molar-refractivity contribution >= 4 is 34.7 Å². The predicted molar refractivity (Wildman–Crippen MR) is 112 cm³/mol. The molecule has 0 atom stereocenters. The monoisotopic (exact) mass is 394 g/mol. The van der Waals surface area contributed by atoms with Crippen molar-refractivity contribution < 1.29 is 14.3 Å². The number of amides is 2. The lowest BCUT2D eigenvalue weighted by Gasteiger charge is -2.29. The van der Waals surface area contributed by atoms with Crippen LogP contribution in [0.2, 0.25) is 0 Å². The Hall–Kier alpha value is -2.57. The van der Waals surface area contributed by atoms with Gasteiger partial charge in [-0.25, -0.2) is 0 Å². The van der Waals surface area contributed by atoms with Gasteiger partial charge in [-0.15, -0.1) is 0 Å². The van der Waals surface area contributed by atoms with Crippen molar-refractivity contribution in [2.75, 3.05) is 31.2 Å². The highest BCUT2D eigenvalue weighted by atomic mass is 32.2. The molecule has 2 aromatic rings. The van der Waals surface area contributed by atoms with Crippen molar-refractivity contribution in [2.45, 2.75) is 13.5 Å². The number of hydrogen-bond donors (Lipinski definition) is 0. The number of carbonyl (C=O) groups excluding carboxylic acids is 2. The molecule has 2 saturated heterocycles. The summed E-state index contributed by atoms with van der Waals surface area (Å²) < 4.78 is 5.41.